The summed E-state index contributed by atoms with van der Waals surface area (Å²) in [5.74, 6) is 2.13. The molecule has 0 spiro atoms. The maximum absolute atomic E-state index is 9.40. The number of anilines is 3. The van der Waals surface area contributed by atoms with Gasteiger partial charge in [-0.15, -0.1) is 0 Å². The fourth-order valence-corrected chi connectivity index (χ4v) is 6.40. The molecule has 0 atom stereocenters. The van der Waals surface area contributed by atoms with Crippen molar-refractivity contribution in [1.82, 2.24) is 24.7 Å². The van der Waals surface area contributed by atoms with Gasteiger partial charge in [0.15, 0.2) is 8.32 Å². The topological polar surface area (TPSA) is 114 Å². The quantitative estimate of drug-likeness (QED) is 0.280. The molecule has 0 saturated heterocycles. The molecule has 3 aromatic heterocycles. The second-order valence-electron chi connectivity index (χ2n) is 12.1. The van der Waals surface area contributed by atoms with Crippen LogP contribution in [0.1, 0.15) is 50.3 Å². The van der Waals surface area contributed by atoms with Gasteiger partial charge in [-0.2, -0.15) is 10.4 Å². The summed E-state index contributed by atoms with van der Waals surface area (Å²) in [6.07, 6.45) is 9.38. The molecule has 1 saturated carbocycles. The molecule has 1 aromatic carbocycles. The molecule has 200 valence electrons. The predicted octanol–water partition coefficient (Wildman–Crippen LogP) is 5.89. The van der Waals surface area contributed by atoms with Crippen LogP contribution in [0.15, 0.2) is 43.0 Å². The van der Waals surface area contributed by atoms with E-state index in [1.807, 2.05) is 41.3 Å². The number of nitrogens with zero attached hydrogens (tertiary/aromatic N) is 6. The first kappa shape index (κ1) is 25.5. The van der Waals surface area contributed by atoms with E-state index in [1.54, 1.807) is 6.33 Å². The van der Waals surface area contributed by atoms with Gasteiger partial charge in [-0.05, 0) is 67.1 Å². The highest BCUT2D eigenvalue weighted by atomic mass is 28.4. The van der Waals surface area contributed by atoms with Crippen LogP contribution in [0.25, 0.3) is 16.6 Å². The predicted molar refractivity (Wildman–Crippen MR) is 155 cm³/mol. The summed E-state index contributed by atoms with van der Waals surface area (Å²) in [7, 11) is -1.75. The van der Waals surface area contributed by atoms with Crippen LogP contribution < -0.4 is 10.6 Å². The van der Waals surface area contributed by atoms with Crippen molar-refractivity contribution in [3.05, 3.63) is 59.7 Å². The van der Waals surface area contributed by atoms with Gasteiger partial charge in [0.2, 0.25) is 0 Å². The highest BCUT2D eigenvalue weighted by Gasteiger charge is 2.42. The number of hydrogen-bond donors (Lipinski definition) is 2. The largest absolute Gasteiger partial charge is 0.414 e. The maximum atomic E-state index is 9.40. The molecule has 4 aromatic rings. The summed E-state index contributed by atoms with van der Waals surface area (Å²) in [6, 6.07) is 10.4. The molecule has 0 amide bonds. The van der Waals surface area contributed by atoms with Gasteiger partial charge in [0.05, 0.1) is 29.0 Å². The van der Waals surface area contributed by atoms with Crippen LogP contribution in [0.3, 0.4) is 0 Å². The van der Waals surface area contributed by atoms with Crippen LogP contribution in [-0.2, 0) is 17.3 Å². The second kappa shape index (κ2) is 9.43. The molecular formula is C29H34N8OSi. The minimum absolute atomic E-state index is 0.218. The minimum Gasteiger partial charge on any atom is -0.414 e. The molecule has 0 radical (unpaired) electrons. The molecule has 9 nitrogen and oxygen atoms in total. The molecule has 0 aliphatic heterocycles. The van der Waals surface area contributed by atoms with Crippen molar-refractivity contribution in [2.24, 2.45) is 0 Å². The van der Waals surface area contributed by atoms with Crippen molar-refractivity contribution in [2.45, 2.75) is 76.7 Å². The number of nitriles is 1. The third-order valence-corrected chi connectivity index (χ3v) is 13.0. The zero-order chi connectivity index (χ0) is 27.4. The first-order valence-electron chi connectivity index (χ1n) is 13.5. The SMILES string of the molecule is CC(C)(C)[Si](C)(C)OC1CC(Nc2cc(Nc3cc4c(cn3)cnn4-c3ccc(C#N)c4c3CC4)ncn2)C1. The van der Waals surface area contributed by atoms with E-state index in [0.29, 0.717) is 23.8 Å². The molecule has 0 unspecified atom stereocenters. The van der Waals surface area contributed by atoms with Gasteiger partial charge in [-0.25, -0.2) is 19.6 Å². The van der Waals surface area contributed by atoms with Gasteiger partial charge in [0.1, 0.15) is 23.8 Å². The summed E-state index contributed by atoms with van der Waals surface area (Å²) >= 11 is 0. The van der Waals surface area contributed by atoms with Crippen molar-refractivity contribution in [1.29, 1.82) is 5.26 Å². The Hall–Kier alpha value is -3.81. The third kappa shape index (κ3) is 4.77. The van der Waals surface area contributed by atoms with E-state index in [0.717, 1.165) is 59.2 Å². The van der Waals surface area contributed by atoms with Crippen LogP contribution in [0.2, 0.25) is 18.1 Å². The maximum Gasteiger partial charge on any atom is 0.192 e. The summed E-state index contributed by atoms with van der Waals surface area (Å²) in [5.41, 5.74) is 5.06. The molecule has 2 N–H and O–H groups in total. The lowest BCUT2D eigenvalue weighted by molar-refractivity contribution is 0.0928. The van der Waals surface area contributed by atoms with Crippen molar-refractivity contribution >= 4 is 36.7 Å². The molecule has 10 heteroatoms. The van der Waals surface area contributed by atoms with Gasteiger partial charge in [-0.1, -0.05) is 20.8 Å². The lowest BCUT2D eigenvalue weighted by Gasteiger charge is -2.45. The van der Waals surface area contributed by atoms with Crippen LogP contribution >= 0.6 is 0 Å². The standard InChI is InChI=1S/C29H34N8OSi/c1-29(2,3)39(4,5)38-21-10-20(11-21)35-27-13-28(33-17-32-27)36-26-12-25-19(15-31-26)16-34-37(25)24-9-6-18(14-30)22-7-8-23(22)24/h6,9,12-13,15-17,20-21H,7-8,10-11H2,1-5H3,(H2,31,32,33,35,36). The van der Waals surface area contributed by atoms with Crippen molar-refractivity contribution in [2.75, 3.05) is 10.6 Å². The van der Waals surface area contributed by atoms with Crippen LogP contribution in [0.4, 0.5) is 17.5 Å². The smallest absolute Gasteiger partial charge is 0.192 e. The molecule has 6 rings (SSSR count). The molecular weight excluding hydrogens is 504 g/mol. The van der Waals surface area contributed by atoms with E-state index < -0.39 is 8.32 Å². The molecule has 2 aliphatic carbocycles. The summed E-state index contributed by atoms with van der Waals surface area (Å²) in [5, 5.41) is 22.1. The Balaban J connectivity index is 1.14. The fourth-order valence-electron chi connectivity index (χ4n) is 5.02. The Kier molecular flexibility index (Phi) is 6.16. The number of pyridine rings is 1. The highest BCUT2D eigenvalue weighted by Crippen LogP contribution is 2.40. The number of fused-ring (bicyclic) bond motifs is 2. The van der Waals surface area contributed by atoms with Crippen LogP contribution in [0, 0.1) is 11.3 Å². The van der Waals surface area contributed by atoms with E-state index >= 15 is 0 Å². The van der Waals surface area contributed by atoms with Crippen molar-refractivity contribution in [3.63, 3.8) is 0 Å². The Labute approximate surface area is 229 Å². The van der Waals surface area contributed by atoms with Gasteiger partial charge < -0.3 is 15.1 Å². The van der Waals surface area contributed by atoms with E-state index in [-0.39, 0.29) is 5.04 Å². The zero-order valence-electron chi connectivity index (χ0n) is 23.1. The summed E-state index contributed by atoms with van der Waals surface area (Å²) in [4.78, 5) is 13.4. The van der Waals surface area contributed by atoms with Gasteiger partial charge in [0, 0.05) is 35.9 Å². The summed E-state index contributed by atoms with van der Waals surface area (Å²) < 4.78 is 8.47. The third-order valence-electron chi connectivity index (χ3n) is 8.47. The van der Waals surface area contributed by atoms with Crippen LogP contribution in [0.5, 0.6) is 0 Å². The molecule has 1 fully saturated rings. The zero-order valence-corrected chi connectivity index (χ0v) is 24.1. The van der Waals surface area contributed by atoms with Crippen molar-refractivity contribution < 1.29 is 4.43 Å². The van der Waals surface area contributed by atoms with Gasteiger partial charge in [-0.3, -0.25) is 0 Å². The number of aromatic nitrogens is 5. The van der Waals surface area contributed by atoms with E-state index in [4.69, 9.17) is 4.43 Å². The van der Waals surface area contributed by atoms with E-state index in [2.05, 4.69) is 70.6 Å². The lowest BCUT2D eigenvalue weighted by Crippen LogP contribution is -2.50. The monoisotopic (exact) mass is 538 g/mol. The minimum atomic E-state index is -1.75. The Morgan fingerprint density at radius 3 is 2.46 bits per heavy atom. The fraction of sp³-hybridized carbons (Fsp3) is 0.414. The Morgan fingerprint density at radius 2 is 1.74 bits per heavy atom. The summed E-state index contributed by atoms with van der Waals surface area (Å²) in [6.45, 7) is 11.5. The lowest BCUT2D eigenvalue weighted by atomic mass is 9.83. The molecule has 3 heterocycles. The molecule has 39 heavy (non-hydrogen) atoms. The number of benzene rings is 1. The average Bonchev–Trinajstić information content (AvgIpc) is 3.25. The Morgan fingerprint density at radius 1 is 1.00 bits per heavy atom. The van der Waals surface area contributed by atoms with Gasteiger partial charge in [0.25, 0.3) is 0 Å². The highest BCUT2D eigenvalue weighted by molar-refractivity contribution is 6.74. The number of nitrogens with one attached hydrogen (secondary N) is 2. The average molecular weight is 539 g/mol. The number of hydrogen-bond acceptors (Lipinski definition) is 8. The van der Waals surface area contributed by atoms with Gasteiger partial charge >= 0.3 is 0 Å². The Bertz CT molecular complexity index is 1590. The van der Waals surface area contributed by atoms with E-state index in [1.165, 1.54) is 5.56 Å². The van der Waals surface area contributed by atoms with Crippen molar-refractivity contribution in [3.8, 4) is 11.8 Å². The van der Waals surface area contributed by atoms with Crippen LogP contribution in [-0.4, -0.2) is 45.2 Å². The molecule has 2 aliphatic rings. The first-order valence-corrected chi connectivity index (χ1v) is 16.4. The molecule has 0 bridgehead atoms. The first-order chi connectivity index (χ1) is 18.6. The number of rotatable bonds is 7. The second-order valence-corrected chi connectivity index (χ2v) is 16.9. The normalized spacial score (nSPS) is 18.6. The van der Waals surface area contributed by atoms with E-state index in [9.17, 15) is 5.26 Å².